The molecule has 0 N–H and O–H groups in total. The van der Waals surface area contributed by atoms with E-state index in [4.69, 9.17) is 0 Å². The van der Waals surface area contributed by atoms with Crippen LogP contribution in [0.5, 0.6) is 0 Å². The highest BCUT2D eigenvalue weighted by Crippen LogP contribution is 2.34. The molecular formula is C14H19Br. The van der Waals surface area contributed by atoms with Gasteiger partial charge in [-0.25, -0.2) is 0 Å². The van der Waals surface area contributed by atoms with Gasteiger partial charge in [-0.1, -0.05) is 71.9 Å². The normalized spacial score (nSPS) is 19.3. The Balaban J connectivity index is 1.96. The van der Waals surface area contributed by atoms with Gasteiger partial charge in [-0.05, 0) is 23.8 Å². The van der Waals surface area contributed by atoms with Gasteiger partial charge in [-0.2, -0.15) is 0 Å². The summed E-state index contributed by atoms with van der Waals surface area (Å²) < 4.78 is 0. The highest BCUT2D eigenvalue weighted by molar-refractivity contribution is 9.09. The molecule has 0 radical (unpaired) electrons. The summed E-state index contributed by atoms with van der Waals surface area (Å²) in [6, 6.07) is 10.9. The van der Waals surface area contributed by atoms with Gasteiger partial charge < -0.3 is 0 Å². The average molecular weight is 267 g/mol. The molecule has 0 bridgehead atoms. The largest absolute Gasteiger partial charge is 0.0925 e. The lowest BCUT2D eigenvalue weighted by molar-refractivity contribution is 0.373. The molecule has 0 amide bonds. The molecule has 0 heterocycles. The SMILES string of the molecule is BrCC(Cc1ccccc1)C1CCCC1. The first-order chi connectivity index (χ1) is 7.40. The van der Waals surface area contributed by atoms with Gasteiger partial charge in [-0.15, -0.1) is 0 Å². The van der Waals surface area contributed by atoms with Crippen LogP contribution < -0.4 is 0 Å². The smallest absolute Gasteiger partial charge is 0.00654 e. The van der Waals surface area contributed by atoms with Gasteiger partial charge in [0.15, 0.2) is 0 Å². The zero-order valence-corrected chi connectivity index (χ0v) is 10.7. The van der Waals surface area contributed by atoms with Gasteiger partial charge >= 0.3 is 0 Å². The molecule has 1 heteroatoms. The van der Waals surface area contributed by atoms with Gasteiger partial charge in [-0.3, -0.25) is 0 Å². The maximum atomic E-state index is 3.68. The van der Waals surface area contributed by atoms with E-state index in [0.29, 0.717) is 0 Å². The molecule has 0 nitrogen and oxygen atoms in total. The third-order valence-electron chi connectivity index (χ3n) is 3.61. The van der Waals surface area contributed by atoms with Gasteiger partial charge in [0.05, 0.1) is 0 Å². The number of rotatable bonds is 4. The lowest BCUT2D eigenvalue weighted by Gasteiger charge is -2.21. The van der Waals surface area contributed by atoms with Crippen LogP contribution in [0, 0.1) is 11.8 Å². The van der Waals surface area contributed by atoms with Crippen molar-refractivity contribution in [3.8, 4) is 0 Å². The molecule has 1 aliphatic rings. The third kappa shape index (κ3) is 3.07. The Morgan fingerprint density at radius 1 is 1.13 bits per heavy atom. The Morgan fingerprint density at radius 3 is 2.40 bits per heavy atom. The van der Waals surface area contributed by atoms with E-state index in [1.54, 1.807) is 0 Å². The first-order valence-corrected chi connectivity index (χ1v) is 7.12. The van der Waals surface area contributed by atoms with E-state index in [1.165, 1.54) is 37.7 Å². The molecule has 82 valence electrons. The second-order valence-electron chi connectivity index (χ2n) is 4.65. The van der Waals surface area contributed by atoms with E-state index in [2.05, 4.69) is 46.3 Å². The van der Waals surface area contributed by atoms with Gasteiger partial charge in [0.2, 0.25) is 0 Å². The van der Waals surface area contributed by atoms with E-state index < -0.39 is 0 Å². The maximum Gasteiger partial charge on any atom is 0.00654 e. The van der Waals surface area contributed by atoms with Crippen LogP contribution in [-0.4, -0.2) is 5.33 Å². The summed E-state index contributed by atoms with van der Waals surface area (Å²) in [6.07, 6.45) is 7.04. The molecule has 0 aromatic heterocycles. The van der Waals surface area contributed by atoms with Gasteiger partial charge in [0.25, 0.3) is 0 Å². The summed E-state index contributed by atoms with van der Waals surface area (Å²) in [4.78, 5) is 0. The minimum absolute atomic E-state index is 0.842. The monoisotopic (exact) mass is 266 g/mol. The van der Waals surface area contributed by atoms with Crippen molar-refractivity contribution >= 4 is 15.9 Å². The van der Waals surface area contributed by atoms with Gasteiger partial charge in [0.1, 0.15) is 0 Å². The number of halogens is 1. The average Bonchev–Trinajstić information content (AvgIpc) is 2.81. The van der Waals surface area contributed by atoms with Crippen LogP contribution in [0.4, 0.5) is 0 Å². The molecule has 1 aromatic rings. The molecule has 1 atom stereocenters. The van der Waals surface area contributed by atoms with Gasteiger partial charge in [0, 0.05) is 5.33 Å². The summed E-state index contributed by atoms with van der Waals surface area (Å²) >= 11 is 3.68. The van der Waals surface area contributed by atoms with E-state index in [-0.39, 0.29) is 0 Å². The standard InChI is InChI=1S/C14H19Br/c15-11-14(13-8-4-5-9-13)10-12-6-2-1-3-7-12/h1-3,6-7,13-14H,4-5,8-11H2. The Morgan fingerprint density at radius 2 is 1.80 bits per heavy atom. The number of alkyl halides is 1. The molecule has 0 saturated heterocycles. The van der Waals surface area contributed by atoms with Crippen LogP contribution in [0.15, 0.2) is 30.3 Å². The van der Waals surface area contributed by atoms with Crippen molar-refractivity contribution in [3.05, 3.63) is 35.9 Å². The minimum Gasteiger partial charge on any atom is -0.0925 e. The van der Waals surface area contributed by atoms with Crippen LogP contribution in [0.3, 0.4) is 0 Å². The summed E-state index contributed by atoms with van der Waals surface area (Å²) in [5, 5.41) is 1.16. The second kappa shape index (κ2) is 5.69. The van der Waals surface area contributed by atoms with Crippen molar-refractivity contribution < 1.29 is 0 Å². The fourth-order valence-electron chi connectivity index (χ4n) is 2.69. The zero-order valence-electron chi connectivity index (χ0n) is 9.16. The van der Waals surface area contributed by atoms with Crippen LogP contribution in [-0.2, 0) is 6.42 Å². The first-order valence-electron chi connectivity index (χ1n) is 6.00. The Bertz CT molecular complexity index is 275. The van der Waals surface area contributed by atoms with Crippen LogP contribution >= 0.6 is 15.9 Å². The molecule has 1 unspecified atom stereocenters. The summed E-state index contributed by atoms with van der Waals surface area (Å²) in [5.41, 5.74) is 1.49. The van der Waals surface area contributed by atoms with Crippen LogP contribution in [0.2, 0.25) is 0 Å². The summed E-state index contributed by atoms with van der Waals surface area (Å²) in [5.74, 6) is 1.81. The predicted molar refractivity (Wildman–Crippen MR) is 69.4 cm³/mol. The van der Waals surface area contributed by atoms with E-state index in [0.717, 1.165) is 17.2 Å². The van der Waals surface area contributed by atoms with E-state index >= 15 is 0 Å². The molecule has 1 fully saturated rings. The highest BCUT2D eigenvalue weighted by Gasteiger charge is 2.23. The summed E-state index contributed by atoms with van der Waals surface area (Å²) in [7, 11) is 0. The van der Waals surface area contributed by atoms with Crippen molar-refractivity contribution in [1.29, 1.82) is 0 Å². The maximum absolute atomic E-state index is 3.68. The Kier molecular flexibility index (Phi) is 4.25. The minimum atomic E-state index is 0.842. The third-order valence-corrected chi connectivity index (χ3v) is 4.44. The summed E-state index contributed by atoms with van der Waals surface area (Å²) in [6.45, 7) is 0. The zero-order chi connectivity index (χ0) is 10.5. The quantitative estimate of drug-likeness (QED) is 0.708. The topological polar surface area (TPSA) is 0 Å². The molecular weight excluding hydrogens is 248 g/mol. The van der Waals surface area contributed by atoms with Crippen molar-refractivity contribution in [2.24, 2.45) is 11.8 Å². The molecule has 0 spiro atoms. The molecule has 1 aromatic carbocycles. The van der Waals surface area contributed by atoms with E-state index in [9.17, 15) is 0 Å². The molecule has 15 heavy (non-hydrogen) atoms. The Labute approximate surface area is 101 Å². The van der Waals surface area contributed by atoms with Crippen molar-refractivity contribution in [2.45, 2.75) is 32.1 Å². The van der Waals surface area contributed by atoms with Crippen molar-refractivity contribution in [1.82, 2.24) is 0 Å². The highest BCUT2D eigenvalue weighted by atomic mass is 79.9. The predicted octanol–water partition coefficient (Wildman–Crippen LogP) is 4.43. The molecule has 0 aliphatic heterocycles. The Hall–Kier alpha value is -0.300. The lowest BCUT2D eigenvalue weighted by Crippen LogP contribution is -2.16. The van der Waals surface area contributed by atoms with E-state index in [1.807, 2.05) is 0 Å². The first kappa shape index (κ1) is 11.2. The van der Waals surface area contributed by atoms with Crippen LogP contribution in [0.1, 0.15) is 31.2 Å². The van der Waals surface area contributed by atoms with Crippen LogP contribution in [0.25, 0.3) is 0 Å². The number of benzene rings is 1. The fourth-order valence-corrected chi connectivity index (χ4v) is 3.45. The second-order valence-corrected chi connectivity index (χ2v) is 5.30. The number of hydrogen-bond acceptors (Lipinski definition) is 0. The lowest BCUT2D eigenvalue weighted by atomic mass is 9.87. The van der Waals surface area contributed by atoms with Crippen molar-refractivity contribution in [2.75, 3.05) is 5.33 Å². The number of hydrogen-bond donors (Lipinski definition) is 0. The molecule has 2 rings (SSSR count). The fraction of sp³-hybridized carbons (Fsp3) is 0.571. The van der Waals surface area contributed by atoms with Crippen molar-refractivity contribution in [3.63, 3.8) is 0 Å². The molecule has 1 saturated carbocycles. The molecule has 1 aliphatic carbocycles.